The van der Waals surface area contributed by atoms with Crippen molar-refractivity contribution in [3.8, 4) is 5.75 Å². The van der Waals surface area contributed by atoms with E-state index >= 15 is 0 Å². The predicted octanol–water partition coefficient (Wildman–Crippen LogP) is 5.38. The van der Waals surface area contributed by atoms with Crippen molar-refractivity contribution in [2.75, 3.05) is 19.7 Å². The molecule has 6 rings (SSSR count). The van der Waals surface area contributed by atoms with Crippen molar-refractivity contribution in [1.29, 1.82) is 0 Å². The van der Waals surface area contributed by atoms with Crippen LogP contribution in [0.4, 0.5) is 4.79 Å². The minimum atomic E-state index is -1.18. The summed E-state index contributed by atoms with van der Waals surface area (Å²) in [5.41, 5.74) is 4.12. The lowest BCUT2D eigenvalue weighted by Gasteiger charge is -2.63. The number of ether oxygens (including phenoxy) is 2. The van der Waals surface area contributed by atoms with Crippen molar-refractivity contribution in [3.05, 3.63) is 41.0 Å². The summed E-state index contributed by atoms with van der Waals surface area (Å²) in [4.78, 5) is 13.0. The van der Waals surface area contributed by atoms with E-state index in [0.717, 1.165) is 101 Å². The summed E-state index contributed by atoms with van der Waals surface area (Å²) in [5.74, 6) is 1.90. The Morgan fingerprint density at radius 1 is 1.14 bits per heavy atom. The molecule has 0 radical (unpaired) electrons. The molecule has 0 amide bonds. The van der Waals surface area contributed by atoms with Crippen LogP contribution in [0, 0.1) is 5.92 Å². The monoisotopic (exact) mass is 495 g/mol. The molecule has 36 heavy (non-hydrogen) atoms. The first-order chi connectivity index (χ1) is 17.4. The molecule has 1 aromatic rings. The van der Waals surface area contributed by atoms with E-state index in [1.54, 1.807) is 0 Å². The number of carboxylic acid groups (broad SMARTS) is 1. The van der Waals surface area contributed by atoms with E-state index in [0.29, 0.717) is 6.61 Å². The van der Waals surface area contributed by atoms with Crippen molar-refractivity contribution >= 4 is 6.16 Å². The number of aliphatic hydroxyl groups is 1. The number of piperidine rings is 1. The van der Waals surface area contributed by atoms with Gasteiger partial charge in [-0.25, -0.2) is 4.79 Å². The Hall–Kier alpha value is -2.05. The second-order valence-electron chi connectivity index (χ2n) is 12.0. The Morgan fingerprint density at radius 2 is 1.92 bits per heavy atom. The van der Waals surface area contributed by atoms with Crippen molar-refractivity contribution < 1.29 is 24.5 Å². The molecule has 1 unspecified atom stereocenters. The molecule has 1 aromatic carbocycles. The fourth-order valence-electron chi connectivity index (χ4n) is 7.94. The number of nitrogens with zero attached hydrogens (tertiary/aromatic N) is 1. The molecule has 1 saturated heterocycles. The molecule has 2 N–H and O–H groups in total. The van der Waals surface area contributed by atoms with E-state index in [1.807, 2.05) is 0 Å². The third-order valence-corrected chi connectivity index (χ3v) is 9.88. The van der Waals surface area contributed by atoms with Crippen LogP contribution in [0.25, 0.3) is 0 Å². The SMILES string of the molecule is C=C1CC[C@@]2(O)C3Cc4ccc(CCCCCCCCOC(=O)O)c5c4[C@@]2(CCN3CC2CC2)[C@H]1O5. The second-order valence-corrected chi connectivity index (χ2v) is 12.0. The molecule has 5 aliphatic rings. The maximum absolute atomic E-state index is 12.5. The summed E-state index contributed by atoms with van der Waals surface area (Å²) in [6.07, 6.45) is 12.3. The third kappa shape index (κ3) is 3.87. The zero-order valence-electron chi connectivity index (χ0n) is 21.5. The Labute approximate surface area is 214 Å². The highest BCUT2D eigenvalue weighted by atomic mass is 16.7. The van der Waals surface area contributed by atoms with E-state index in [1.165, 1.54) is 29.5 Å². The first kappa shape index (κ1) is 24.3. The van der Waals surface area contributed by atoms with Gasteiger partial charge in [0.1, 0.15) is 11.9 Å². The van der Waals surface area contributed by atoms with Gasteiger partial charge < -0.3 is 19.7 Å². The molecular weight excluding hydrogens is 454 g/mol. The lowest BCUT2D eigenvalue weighted by Crippen LogP contribution is -2.75. The molecule has 2 saturated carbocycles. The molecule has 2 heterocycles. The van der Waals surface area contributed by atoms with Crippen LogP contribution in [-0.4, -0.2) is 58.7 Å². The van der Waals surface area contributed by atoms with Crippen molar-refractivity contribution in [1.82, 2.24) is 4.90 Å². The summed E-state index contributed by atoms with van der Waals surface area (Å²) in [6.45, 7) is 6.93. The van der Waals surface area contributed by atoms with Gasteiger partial charge in [-0.1, -0.05) is 44.4 Å². The molecule has 196 valence electrons. The molecule has 1 spiro atoms. The van der Waals surface area contributed by atoms with E-state index < -0.39 is 11.8 Å². The lowest BCUT2D eigenvalue weighted by molar-refractivity contribution is -0.174. The Bertz CT molecular complexity index is 1030. The fraction of sp³-hybridized carbons (Fsp3) is 0.700. The second kappa shape index (κ2) is 9.36. The van der Waals surface area contributed by atoms with Crippen LogP contribution >= 0.6 is 0 Å². The molecule has 3 aliphatic carbocycles. The maximum atomic E-state index is 12.5. The molecule has 6 heteroatoms. The van der Waals surface area contributed by atoms with Crippen LogP contribution in [0.3, 0.4) is 0 Å². The van der Waals surface area contributed by atoms with Gasteiger partial charge in [-0.15, -0.1) is 0 Å². The number of carbonyl (C=O) groups is 1. The highest BCUT2D eigenvalue weighted by Gasteiger charge is 2.71. The average Bonchev–Trinajstić information content (AvgIpc) is 3.59. The minimum absolute atomic E-state index is 0.0925. The number of hydrogen-bond donors (Lipinski definition) is 2. The molecule has 4 atom stereocenters. The van der Waals surface area contributed by atoms with Crippen LogP contribution in [-0.2, 0) is 23.0 Å². The van der Waals surface area contributed by atoms with Gasteiger partial charge in [0.15, 0.2) is 0 Å². The molecule has 6 nitrogen and oxygen atoms in total. The molecular formula is C30H41NO5. The normalized spacial score (nSPS) is 32.2. The van der Waals surface area contributed by atoms with Gasteiger partial charge in [0, 0.05) is 18.2 Å². The van der Waals surface area contributed by atoms with Gasteiger partial charge in [0.05, 0.1) is 17.6 Å². The Kier molecular flexibility index (Phi) is 6.32. The summed E-state index contributed by atoms with van der Waals surface area (Å²) < 4.78 is 11.4. The maximum Gasteiger partial charge on any atom is 0.505 e. The molecule has 0 aromatic heterocycles. The van der Waals surface area contributed by atoms with Crippen LogP contribution < -0.4 is 4.74 Å². The van der Waals surface area contributed by atoms with Gasteiger partial charge in [0.2, 0.25) is 0 Å². The van der Waals surface area contributed by atoms with Gasteiger partial charge in [-0.2, -0.15) is 0 Å². The minimum Gasteiger partial charge on any atom is -0.484 e. The average molecular weight is 496 g/mol. The standard InChI is InChI=1S/C30H41NO5/c1-20-13-14-30(34)24-18-23-12-11-22(8-6-4-2-3-5-7-17-35-28(32)33)26-25(23)29(30,27(20)36-26)15-16-31(24)19-21-9-10-21/h11-12,21,24,27,34H,1-10,13-19H2,(H,32,33)/t24?,27-,29-,30+/m0/s1. The van der Waals surface area contributed by atoms with Crippen LogP contribution in [0.5, 0.6) is 5.75 Å². The van der Waals surface area contributed by atoms with Crippen LogP contribution in [0.1, 0.15) is 87.3 Å². The highest BCUT2D eigenvalue weighted by molar-refractivity contribution is 5.62. The number of hydrogen-bond acceptors (Lipinski definition) is 5. The number of unbranched alkanes of at least 4 members (excludes halogenated alkanes) is 5. The molecule has 3 fully saturated rings. The number of rotatable bonds is 11. The van der Waals surface area contributed by atoms with E-state index in [-0.39, 0.29) is 17.6 Å². The summed E-state index contributed by atoms with van der Waals surface area (Å²) in [5, 5.41) is 21.0. The quantitative estimate of drug-likeness (QED) is 0.244. The first-order valence-corrected chi connectivity index (χ1v) is 14.3. The third-order valence-electron chi connectivity index (χ3n) is 9.88. The van der Waals surface area contributed by atoms with Gasteiger partial charge in [0.25, 0.3) is 0 Å². The van der Waals surface area contributed by atoms with E-state index in [9.17, 15) is 9.90 Å². The van der Waals surface area contributed by atoms with Gasteiger partial charge in [-0.05, 0) is 87.0 Å². The number of aryl methyl sites for hydroxylation is 1. The topological polar surface area (TPSA) is 79.2 Å². The van der Waals surface area contributed by atoms with E-state index in [4.69, 9.17) is 9.84 Å². The van der Waals surface area contributed by atoms with Gasteiger partial charge >= 0.3 is 6.16 Å². The van der Waals surface area contributed by atoms with Crippen LogP contribution in [0.2, 0.25) is 0 Å². The van der Waals surface area contributed by atoms with Gasteiger partial charge in [-0.3, -0.25) is 4.90 Å². The zero-order chi connectivity index (χ0) is 24.9. The molecule has 2 aliphatic heterocycles. The van der Waals surface area contributed by atoms with Crippen molar-refractivity contribution in [2.24, 2.45) is 5.92 Å². The highest BCUT2D eigenvalue weighted by Crippen LogP contribution is 2.65. The van der Waals surface area contributed by atoms with E-state index in [2.05, 4.69) is 28.3 Å². The lowest BCUT2D eigenvalue weighted by atomic mass is 9.48. The zero-order valence-corrected chi connectivity index (χ0v) is 21.5. The number of benzene rings is 1. The van der Waals surface area contributed by atoms with Crippen molar-refractivity contribution in [2.45, 2.75) is 107 Å². The summed E-state index contributed by atoms with van der Waals surface area (Å²) in [7, 11) is 0. The van der Waals surface area contributed by atoms with Crippen molar-refractivity contribution in [3.63, 3.8) is 0 Å². The largest absolute Gasteiger partial charge is 0.505 e. The fourth-order valence-corrected chi connectivity index (χ4v) is 7.94. The van der Waals surface area contributed by atoms with Crippen LogP contribution in [0.15, 0.2) is 24.3 Å². The smallest absolute Gasteiger partial charge is 0.484 e. The Morgan fingerprint density at radius 3 is 2.69 bits per heavy atom. The first-order valence-electron chi connectivity index (χ1n) is 14.3. The summed E-state index contributed by atoms with van der Waals surface area (Å²) in [6, 6.07) is 4.82. The summed E-state index contributed by atoms with van der Waals surface area (Å²) >= 11 is 0. The number of likely N-dealkylation sites (tertiary alicyclic amines) is 1. The Balaban J connectivity index is 1.16. The predicted molar refractivity (Wildman–Crippen MR) is 138 cm³/mol. The molecule has 2 bridgehead atoms.